The van der Waals surface area contributed by atoms with Gasteiger partial charge in [0.1, 0.15) is 11.1 Å². The zero-order valence-corrected chi connectivity index (χ0v) is 41.1. The molecule has 10 N–H and O–H groups in total. The number of amides is 6. The lowest BCUT2D eigenvalue weighted by molar-refractivity contribution is -0.125. The van der Waals surface area contributed by atoms with Gasteiger partial charge in [-0.15, -0.1) is 0 Å². The van der Waals surface area contributed by atoms with Crippen LogP contribution in [0.15, 0.2) is 169 Å². The Kier molecular flexibility index (Phi) is 26.4. The molecule has 0 saturated carbocycles. The van der Waals surface area contributed by atoms with E-state index in [0.717, 1.165) is 11.4 Å². The number of benzene rings is 2. The number of anilines is 2. The van der Waals surface area contributed by atoms with Crippen LogP contribution < -0.4 is 42.5 Å². The maximum atomic E-state index is 13.4. The molecule has 0 unspecified atom stereocenters. The van der Waals surface area contributed by atoms with E-state index in [1.54, 1.807) is 69.4 Å². The third kappa shape index (κ3) is 29.2. The molecule has 2 aromatic carbocycles. The van der Waals surface area contributed by atoms with Crippen LogP contribution in [0, 0.1) is 0 Å². The fraction of sp³-hybridized carbons (Fsp3) is 0.277. The highest BCUT2D eigenvalue weighted by Crippen LogP contribution is 2.19. The number of carbonyl (C=O) groups excluding carboxylic acids is 4. The molecule has 6 amide bonds. The minimum Gasteiger partial charge on any atom is -0.375 e. The smallest absolute Gasteiger partial charge is 0.323 e. The van der Waals surface area contributed by atoms with Crippen LogP contribution in [0.2, 0.25) is 0 Å². The van der Waals surface area contributed by atoms with E-state index in [0.29, 0.717) is 59.5 Å². The van der Waals surface area contributed by atoms with Crippen molar-refractivity contribution in [3.8, 4) is 0 Å². The SMILES string of the molecule is C=C/C=C(\C=C(/C)NC(=O)NC1=CC=C(NC(C)(C)C(=O)Nc2ccccc2)CC1)NC(=O)C(C)(C)N/C(C=C)=C/C=C(\C=C)NC(=O)Nc1ccccc1.CC.CS(=O)(=O)O.CS(=O)(=O)O. The Balaban J connectivity index is 0.00000323. The zero-order chi connectivity index (χ0) is 51.4. The topological polar surface area (TPSA) is 273 Å². The van der Waals surface area contributed by atoms with Crippen molar-refractivity contribution in [3.63, 3.8) is 0 Å². The highest BCUT2D eigenvalue weighted by atomic mass is 32.2. The predicted octanol–water partition coefficient (Wildman–Crippen LogP) is 7.31. The summed E-state index contributed by atoms with van der Waals surface area (Å²) in [5.41, 5.74) is 2.75. The zero-order valence-electron chi connectivity index (χ0n) is 39.5. The fourth-order valence-electron chi connectivity index (χ4n) is 5.01. The van der Waals surface area contributed by atoms with Gasteiger partial charge in [-0.1, -0.05) is 76.1 Å². The first-order valence-electron chi connectivity index (χ1n) is 20.5. The Labute approximate surface area is 395 Å². The monoisotopic (exact) mass is 966 g/mol. The molecule has 1 aliphatic carbocycles. The second-order valence-electron chi connectivity index (χ2n) is 15.0. The van der Waals surface area contributed by atoms with E-state index in [2.05, 4.69) is 62.3 Å². The van der Waals surface area contributed by atoms with E-state index in [1.807, 2.05) is 82.3 Å². The number of carbonyl (C=O) groups is 4. The van der Waals surface area contributed by atoms with Crippen LogP contribution in [0.4, 0.5) is 21.0 Å². The van der Waals surface area contributed by atoms with E-state index in [-0.39, 0.29) is 11.8 Å². The van der Waals surface area contributed by atoms with Gasteiger partial charge in [-0.05, 0) is 120 Å². The number of hydrogen-bond donors (Lipinski definition) is 10. The van der Waals surface area contributed by atoms with Crippen LogP contribution in [-0.4, -0.2) is 73.4 Å². The maximum absolute atomic E-state index is 13.4. The number of hydrogen-bond acceptors (Lipinski definition) is 10. The quantitative estimate of drug-likeness (QED) is 0.0552. The number of rotatable bonds is 17. The van der Waals surface area contributed by atoms with E-state index in [9.17, 15) is 36.0 Å². The summed E-state index contributed by atoms with van der Waals surface area (Å²) in [7, 11) is -7.33. The summed E-state index contributed by atoms with van der Waals surface area (Å²) in [5, 5.41) is 23.4. The third-order valence-corrected chi connectivity index (χ3v) is 7.93. The lowest BCUT2D eigenvalue weighted by atomic mass is 10.0. The van der Waals surface area contributed by atoms with Gasteiger partial charge >= 0.3 is 12.1 Å². The third-order valence-electron chi connectivity index (χ3n) is 7.93. The molecule has 0 radical (unpaired) electrons. The summed E-state index contributed by atoms with van der Waals surface area (Å²) in [6.07, 6.45) is 17.3. The summed E-state index contributed by atoms with van der Waals surface area (Å²) in [5.74, 6) is -0.542. The van der Waals surface area contributed by atoms with Gasteiger partial charge in [0, 0.05) is 45.6 Å². The second kappa shape index (κ2) is 29.5. The molecule has 0 saturated heterocycles. The summed E-state index contributed by atoms with van der Waals surface area (Å²) in [6, 6.07) is 17.4. The van der Waals surface area contributed by atoms with Gasteiger partial charge in [-0.3, -0.25) is 18.7 Å². The fourth-order valence-corrected chi connectivity index (χ4v) is 5.01. The summed E-state index contributed by atoms with van der Waals surface area (Å²) >= 11 is 0. The molecule has 20 heteroatoms. The van der Waals surface area contributed by atoms with E-state index in [1.165, 1.54) is 12.2 Å². The van der Waals surface area contributed by atoms with Gasteiger partial charge in [0.15, 0.2) is 0 Å². The largest absolute Gasteiger partial charge is 0.375 e. The second-order valence-corrected chi connectivity index (χ2v) is 17.9. The summed E-state index contributed by atoms with van der Waals surface area (Å²) in [4.78, 5) is 51.6. The maximum Gasteiger partial charge on any atom is 0.323 e. The first-order valence-corrected chi connectivity index (χ1v) is 24.2. The summed E-state index contributed by atoms with van der Waals surface area (Å²) in [6.45, 7) is 24.1. The van der Waals surface area contributed by atoms with Crippen molar-refractivity contribution in [2.24, 2.45) is 0 Å². The molecule has 366 valence electrons. The van der Waals surface area contributed by atoms with Crippen molar-refractivity contribution in [1.82, 2.24) is 31.9 Å². The van der Waals surface area contributed by atoms with Gasteiger partial charge in [0.05, 0.1) is 12.5 Å². The lowest BCUT2D eigenvalue weighted by Crippen LogP contribution is -2.51. The van der Waals surface area contributed by atoms with Crippen molar-refractivity contribution in [2.45, 2.75) is 72.4 Å². The van der Waals surface area contributed by atoms with Crippen LogP contribution in [0.25, 0.3) is 0 Å². The van der Waals surface area contributed by atoms with Crippen LogP contribution in [-0.2, 0) is 29.8 Å². The average Bonchev–Trinajstić information content (AvgIpc) is 3.22. The Morgan fingerprint density at radius 1 is 0.597 bits per heavy atom. The molecule has 2 aromatic rings. The minimum absolute atomic E-state index is 0.167. The molecule has 0 heterocycles. The van der Waals surface area contributed by atoms with Gasteiger partial charge in [0.2, 0.25) is 11.8 Å². The van der Waals surface area contributed by atoms with Crippen molar-refractivity contribution >= 4 is 55.5 Å². The molecule has 0 spiro atoms. The van der Waals surface area contributed by atoms with Crippen LogP contribution >= 0.6 is 0 Å². The number of urea groups is 2. The van der Waals surface area contributed by atoms with Gasteiger partial charge < -0.3 is 42.5 Å². The molecule has 0 aliphatic heterocycles. The van der Waals surface area contributed by atoms with Gasteiger partial charge in [-0.2, -0.15) is 16.8 Å². The Hall–Kier alpha value is -7.00. The van der Waals surface area contributed by atoms with E-state index in [4.69, 9.17) is 9.11 Å². The first-order chi connectivity index (χ1) is 31.1. The highest BCUT2D eigenvalue weighted by molar-refractivity contribution is 7.85. The molecule has 0 fully saturated rings. The molecule has 3 rings (SSSR count). The number of nitrogens with one attached hydrogen (secondary N) is 8. The summed E-state index contributed by atoms with van der Waals surface area (Å²) < 4.78 is 51.7. The molecule has 0 atom stereocenters. The molecule has 18 nitrogen and oxygen atoms in total. The molecular formula is C47H66N8O10S2. The molecular weight excluding hydrogens is 901 g/mol. The Bertz CT molecular complexity index is 2390. The lowest BCUT2D eigenvalue weighted by Gasteiger charge is -2.29. The van der Waals surface area contributed by atoms with Gasteiger partial charge in [-0.25, -0.2) is 9.59 Å². The Morgan fingerprint density at radius 3 is 1.51 bits per heavy atom. The Morgan fingerprint density at radius 2 is 1.04 bits per heavy atom. The van der Waals surface area contributed by atoms with Crippen molar-refractivity contribution in [1.29, 1.82) is 0 Å². The number of allylic oxidation sites excluding steroid dienone is 12. The van der Waals surface area contributed by atoms with Crippen molar-refractivity contribution in [2.75, 3.05) is 23.1 Å². The van der Waals surface area contributed by atoms with Gasteiger partial charge in [0.25, 0.3) is 20.2 Å². The van der Waals surface area contributed by atoms with Crippen LogP contribution in [0.5, 0.6) is 0 Å². The molecule has 67 heavy (non-hydrogen) atoms. The molecule has 0 aromatic heterocycles. The normalized spacial score (nSPS) is 13.2. The molecule has 0 bridgehead atoms. The van der Waals surface area contributed by atoms with Crippen molar-refractivity contribution in [3.05, 3.63) is 169 Å². The average molecular weight is 967 g/mol. The molecule has 1 aliphatic rings. The van der Waals surface area contributed by atoms with Crippen LogP contribution in [0.1, 0.15) is 61.3 Å². The minimum atomic E-state index is -3.67. The first kappa shape index (κ1) is 60.0. The van der Waals surface area contributed by atoms with E-state index < -0.39 is 43.4 Å². The van der Waals surface area contributed by atoms with Crippen LogP contribution in [0.3, 0.4) is 0 Å². The standard InChI is InChI=1S/C43H52N8O4.C2H6.2CH4O3S/c1-9-18-37(46-39(53)42(5,6)50-32(11-3)24-23-31(10-2)47-41(55)48-34-21-16-13-17-22-34)29-30(4)44-40(54)49-35-25-27-36(28-26-35)51-43(7,8)38(52)45-33-19-14-12-15-20-33;1-2;2*1-5(2,3)4/h9-25,27,29,50-51H,1-3,26,28H2,4-8H3,(H,45,52)(H,46,53)(H2,44,49,54)(H2,47,48,55);1-2H3;2*1H3,(H,2,3,4)/b30-29+,31-23+,32-24+,37-18+;;;. The van der Waals surface area contributed by atoms with Crippen molar-refractivity contribution < 1.29 is 45.1 Å². The number of para-hydroxylation sites is 2. The predicted molar refractivity (Wildman–Crippen MR) is 268 cm³/mol. The van der Waals surface area contributed by atoms with E-state index >= 15 is 0 Å². The highest BCUT2D eigenvalue weighted by Gasteiger charge is 2.29.